The van der Waals surface area contributed by atoms with Gasteiger partial charge in [0.15, 0.2) is 0 Å². The fourth-order valence-electron chi connectivity index (χ4n) is 7.79. The zero-order valence-corrected chi connectivity index (χ0v) is 25.0. The molecular formula is C40H27B2N3O. The fourth-order valence-corrected chi connectivity index (χ4v) is 7.79. The average molecular weight is 587 g/mol. The molecule has 4 heterocycles. The second-order valence-electron chi connectivity index (χ2n) is 12.1. The first-order valence-electron chi connectivity index (χ1n) is 15.9. The number of aromatic nitrogens is 1. The number of hydrazine groups is 1. The molecule has 0 amide bonds. The number of hydrogen-bond donors (Lipinski definition) is 0. The van der Waals surface area contributed by atoms with Crippen LogP contribution in [0.2, 0.25) is 0 Å². The third kappa shape index (κ3) is 3.56. The van der Waals surface area contributed by atoms with Crippen molar-refractivity contribution in [3.63, 3.8) is 0 Å². The van der Waals surface area contributed by atoms with Gasteiger partial charge >= 0.3 is 13.7 Å². The Labute approximate surface area is 267 Å². The van der Waals surface area contributed by atoms with E-state index in [1.807, 2.05) is 0 Å². The van der Waals surface area contributed by atoms with Crippen molar-refractivity contribution in [2.24, 2.45) is 0 Å². The number of benzene rings is 6. The molecule has 10 rings (SSSR count). The van der Waals surface area contributed by atoms with Crippen LogP contribution in [0.25, 0.3) is 38.7 Å². The molecule has 0 fully saturated rings. The summed E-state index contributed by atoms with van der Waals surface area (Å²) in [5.74, 6) is 0.895. The third-order valence-corrected chi connectivity index (χ3v) is 9.63. The van der Waals surface area contributed by atoms with Crippen LogP contribution >= 0.6 is 0 Å². The summed E-state index contributed by atoms with van der Waals surface area (Å²) in [5, 5.41) is 4.75. The van der Waals surface area contributed by atoms with Gasteiger partial charge in [-0.1, -0.05) is 150 Å². The van der Waals surface area contributed by atoms with Crippen molar-refractivity contribution in [3.8, 4) is 16.8 Å². The van der Waals surface area contributed by atoms with Gasteiger partial charge in [0.05, 0.1) is 11.2 Å². The van der Waals surface area contributed by atoms with Gasteiger partial charge in [0.25, 0.3) is 0 Å². The molecule has 0 saturated heterocycles. The van der Waals surface area contributed by atoms with Gasteiger partial charge in [-0.15, -0.1) is 0 Å². The molecule has 0 N–H and O–H groups in total. The van der Waals surface area contributed by atoms with Crippen LogP contribution in [0.1, 0.15) is 0 Å². The topological polar surface area (TPSA) is 24.6 Å². The Morgan fingerprint density at radius 3 is 1.93 bits per heavy atom. The maximum atomic E-state index is 6.87. The Bertz CT molecular complexity index is 2400. The Balaban J connectivity index is 1.31. The first-order chi connectivity index (χ1) is 22.9. The predicted octanol–water partition coefficient (Wildman–Crippen LogP) is 6.64. The van der Waals surface area contributed by atoms with E-state index in [9.17, 15) is 0 Å². The van der Waals surface area contributed by atoms with Crippen molar-refractivity contribution in [2.45, 2.75) is 0 Å². The van der Waals surface area contributed by atoms with Crippen LogP contribution in [-0.4, -0.2) is 23.1 Å². The van der Waals surface area contributed by atoms with Gasteiger partial charge in [-0.2, -0.15) is 0 Å². The minimum absolute atomic E-state index is 0.0736. The molecule has 46 heavy (non-hydrogen) atoms. The van der Waals surface area contributed by atoms with E-state index in [0.29, 0.717) is 0 Å². The van der Waals surface area contributed by atoms with Crippen molar-refractivity contribution >= 4 is 69.1 Å². The van der Waals surface area contributed by atoms with Gasteiger partial charge in [-0.25, -0.2) is 0 Å². The number of para-hydroxylation sites is 3. The molecule has 0 radical (unpaired) electrons. The highest BCUT2D eigenvalue weighted by atomic mass is 16.4. The maximum Gasteiger partial charge on any atom is 0.322 e. The number of fused-ring (bicyclic) bond motifs is 9. The number of nitrogens with zero attached hydrogens (tertiary/aromatic N) is 3. The largest absolute Gasteiger partial charge is 0.439 e. The molecule has 0 aliphatic carbocycles. The van der Waals surface area contributed by atoms with E-state index in [1.165, 1.54) is 49.7 Å². The lowest BCUT2D eigenvalue weighted by Gasteiger charge is -2.31. The maximum absolute atomic E-state index is 6.87. The molecule has 8 aromatic rings. The second-order valence-corrected chi connectivity index (χ2v) is 12.1. The molecule has 2 aromatic heterocycles. The van der Waals surface area contributed by atoms with Crippen LogP contribution < -0.4 is 27.0 Å². The van der Waals surface area contributed by atoms with Crippen molar-refractivity contribution in [3.05, 3.63) is 164 Å². The summed E-state index contributed by atoms with van der Waals surface area (Å²) in [6.07, 6.45) is 0. The quantitative estimate of drug-likeness (QED) is 0.216. The van der Waals surface area contributed by atoms with E-state index in [4.69, 9.17) is 4.42 Å². The molecule has 6 aromatic carbocycles. The van der Waals surface area contributed by atoms with Gasteiger partial charge in [0.2, 0.25) is 5.88 Å². The van der Waals surface area contributed by atoms with Crippen LogP contribution in [0.15, 0.2) is 168 Å². The Morgan fingerprint density at radius 2 is 1.13 bits per heavy atom. The number of furan rings is 1. The van der Waals surface area contributed by atoms with Crippen LogP contribution in [0.3, 0.4) is 0 Å². The molecule has 4 nitrogen and oxygen atoms in total. The van der Waals surface area contributed by atoms with Crippen LogP contribution in [0, 0.1) is 0 Å². The van der Waals surface area contributed by atoms with E-state index in [-0.39, 0.29) is 13.7 Å². The Hall–Kier alpha value is -5.71. The SMILES string of the molecule is c1ccc(B2c3c(c4ccccc4n3-c3ccccc3)N3c4oc5ccccc5c4B(c4cccc(-c5ccccc5)c4)N23)cc1. The van der Waals surface area contributed by atoms with Gasteiger partial charge in [-0.05, 0) is 35.4 Å². The van der Waals surface area contributed by atoms with E-state index in [0.717, 1.165) is 22.5 Å². The predicted molar refractivity (Wildman–Crippen MR) is 192 cm³/mol. The number of rotatable bonds is 4. The highest BCUT2D eigenvalue weighted by molar-refractivity contribution is 7.01. The standard InChI is InChI=1S/C40H27B2N3O/c1-4-15-28(16-5-1)29-17-14-20-31(27-29)41-37-34-24-11-13-26-36(34)46-40(37)44-38-33-23-10-12-25-35(33)43(32-21-8-3-9-22-32)39(38)42(45(41)44)30-18-6-2-7-19-30/h1-27H. The van der Waals surface area contributed by atoms with Crippen LogP contribution in [-0.2, 0) is 0 Å². The molecule has 0 saturated carbocycles. The normalized spacial score (nSPS) is 13.9. The molecule has 2 aliphatic rings. The van der Waals surface area contributed by atoms with E-state index in [1.54, 1.807) is 0 Å². The summed E-state index contributed by atoms with van der Waals surface area (Å²) < 4.78 is 9.33. The lowest BCUT2D eigenvalue weighted by Crippen LogP contribution is -2.65. The van der Waals surface area contributed by atoms with Gasteiger partial charge < -0.3 is 8.98 Å². The van der Waals surface area contributed by atoms with Gasteiger partial charge in [0, 0.05) is 27.5 Å². The second kappa shape index (κ2) is 9.90. The van der Waals surface area contributed by atoms with Crippen molar-refractivity contribution in [1.29, 1.82) is 0 Å². The minimum atomic E-state index is -0.0806. The minimum Gasteiger partial charge on any atom is -0.439 e. The summed E-state index contributed by atoms with van der Waals surface area (Å²) >= 11 is 0. The summed E-state index contributed by atoms with van der Waals surface area (Å²) in [5.41, 5.74) is 11.8. The van der Waals surface area contributed by atoms with Crippen LogP contribution in [0.5, 0.6) is 0 Å². The molecule has 6 heteroatoms. The van der Waals surface area contributed by atoms with E-state index < -0.39 is 0 Å². The molecule has 214 valence electrons. The summed E-state index contributed by atoms with van der Waals surface area (Å²) in [6.45, 7) is -0.154. The monoisotopic (exact) mass is 587 g/mol. The number of hydrogen-bond acceptors (Lipinski definition) is 3. The Morgan fingerprint density at radius 1 is 0.500 bits per heavy atom. The van der Waals surface area contributed by atoms with Crippen molar-refractivity contribution < 1.29 is 4.42 Å². The first-order valence-corrected chi connectivity index (χ1v) is 15.9. The van der Waals surface area contributed by atoms with Gasteiger partial charge in [-0.3, -0.25) is 9.84 Å². The summed E-state index contributed by atoms with van der Waals surface area (Å²) in [6, 6.07) is 58.7. The van der Waals surface area contributed by atoms with Crippen LogP contribution in [0.4, 0.5) is 11.6 Å². The zero-order chi connectivity index (χ0) is 30.2. The van der Waals surface area contributed by atoms with Crippen molar-refractivity contribution in [2.75, 3.05) is 5.01 Å². The summed E-state index contributed by atoms with van der Waals surface area (Å²) in [4.78, 5) is 2.57. The molecular weight excluding hydrogens is 560 g/mol. The lowest BCUT2D eigenvalue weighted by atomic mass is 9.40. The zero-order valence-electron chi connectivity index (χ0n) is 25.0. The summed E-state index contributed by atoms with van der Waals surface area (Å²) in [7, 11) is 0. The molecule has 0 bridgehead atoms. The highest BCUT2D eigenvalue weighted by Gasteiger charge is 2.57. The lowest BCUT2D eigenvalue weighted by molar-refractivity contribution is 0.571. The first kappa shape index (κ1) is 25.6. The van der Waals surface area contributed by atoms with Crippen molar-refractivity contribution in [1.82, 2.24) is 9.40 Å². The third-order valence-electron chi connectivity index (χ3n) is 9.63. The Kier molecular flexibility index (Phi) is 5.51. The van der Waals surface area contributed by atoms with Gasteiger partial charge in [0.1, 0.15) is 5.58 Å². The average Bonchev–Trinajstić information content (AvgIpc) is 3.84. The molecule has 0 spiro atoms. The molecule has 2 aliphatic heterocycles. The molecule has 0 unspecified atom stereocenters. The van der Waals surface area contributed by atoms with E-state index in [2.05, 4.69) is 178 Å². The highest BCUT2D eigenvalue weighted by Crippen LogP contribution is 2.45. The number of anilines is 2. The van der Waals surface area contributed by atoms with E-state index >= 15 is 0 Å². The molecule has 0 atom stereocenters. The smallest absolute Gasteiger partial charge is 0.322 e. The fraction of sp³-hybridized carbons (Fsp3) is 0.